The summed E-state index contributed by atoms with van der Waals surface area (Å²) in [4.78, 5) is 20.8. The molecule has 88 valence electrons. The number of aromatic nitrogens is 2. The van der Waals surface area contributed by atoms with Gasteiger partial charge in [-0.05, 0) is 12.8 Å². The summed E-state index contributed by atoms with van der Waals surface area (Å²) < 4.78 is 0. The molecule has 1 heterocycles. The van der Waals surface area contributed by atoms with Gasteiger partial charge in [0.1, 0.15) is 5.82 Å². The van der Waals surface area contributed by atoms with E-state index in [1.165, 1.54) is 0 Å². The topological polar surface area (TPSA) is 69.2 Å². The summed E-state index contributed by atoms with van der Waals surface area (Å²) in [5, 5.41) is 8.98. The minimum absolute atomic E-state index is 0.0114. The summed E-state index contributed by atoms with van der Waals surface area (Å²) in [5.74, 6) is 0.879. The third-order valence-corrected chi connectivity index (χ3v) is 3.07. The molecule has 1 aromatic rings. The van der Waals surface area contributed by atoms with Gasteiger partial charge in [0, 0.05) is 24.4 Å². The number of nitrogens with zero attached hydrogens (tertiary/aromatic N) is 2. The maximum absolute atomic E-state index is 12.1. The Morgan fingerprint density at radius 2 is 2.44 bits per heavy atom. The van der Waals surface area contributed by atoms with Crippen LogP contribution in [0.5, 0.6) is 0 Å². The van der Waals surface area contributed by atoms with E-state index >= 15 is 0 Å². The lowest BCUT2D eigenvalue weighted by Crippen LogP contribution is -2.37. The Morgan fingerprint density at radius 1 is 1.69 bits per heavy atom. The second-order valence-electron chi connectivity index (χ2n) is 4.55. The van der Waals surface area contributed by atoms with Crippen LogP contribution in [0.3, 0.4) is 0 Å². The monoisotopic (exact) mass is 223 g/mol. The summed E-state index contributed by atoms with van der Waals surface area (Å²) in [6.45, 7) is 2.78. The van der Waals surface area contributed by atoms with Crippen molar-refractivity contribution in [3.63, 3.8) is 0 Å². The number of aliphatic hydroxyl groups excluding tert-OH is 1. The number of carbonyl (C=O) groups is 1. The quantitative estimate of drug-likeness (QED) is 0.765. The number of aliphatic hydroxyl groups is 1. The standard InChI is InChI=1S/C11H17N3O2/c1-11(2-3-11)10(16)14(6-7-15)8-9-12-4-5-13-9/h4-5,15H,2-3,6-8H2,1H3,(H,12,13). The lowest BCUT2D eigenvalue weighted by Gasteiger charge is -2.24. The van der Waals surface area contributed by atoms with Crippen LogP contribution in [-0.2, 0) is 11.3 Å². The van der Waals surface area contributed by atoms with E-state index in [0.717, 1.165) is 18.7 Å². The van der Waals surface area contributed by atoms with Crippen LogP contribution in [0.2, 0.25) is 0 Å². The zero-order valence-corrected chi connectivity index (χ0v) is 9.44. The number of amides is 1. The second-order valence-corrected chi connectivity index (χ2v) is 4.55. The Kier molecular flexibility index (Phi) is 2.96. The van der Waals surface area contributed by atoms with Gasteiger partial charge in [0.2, 0.25) is 5.91 Å². The van der Waals surface area contributed by atoms with Crippen molar-refractivity contribution in [3.05, 3.63) is 18.2 Å². The molecule has 0 spiro atoms. The van der Waals surface area contributed by atoms with Crippen molar-refractivity contribution in [3.8, 4) is 0 Å². The van der Waals surface area contributed by atoms with Crippen molar-refractivity contribution in [1.82, 2.24) is 14.9 Å². The van der Waals surface area contributed by atoms with E-state index in [1.807, 2.05) is 6.92 Å². The third-order valence-electron chi connectivity index (χ3n) is 3.07. The molecule has 0 bridgehead atoms. The number of rotatable bonds is 5. The molecule has 1 aromatic heterocycles. The summed E-state index contributed by atoms with van der Waals surface area (Å²) in [5.41, 5.74) is -0.193. The minimum Gasteiger partial charge on any atom is -0.395 e. The summed E-state index contributed by atoms with van der Waals surface area (Å²) in [6, 6.07) is 0. The number of nitrogens with one attached hydrogen (secondary N) is 1. The first-order valence-corrected chi connectivity index (χ1v) is 5.54. The molecule has 5 nitrogen and oxygen atoms in total. The van der Waals surface area contributed by atoms with Crippen molar-refractivity contribution >= 4 is 5.91 Å². The van der Waals surface area contributed by atoms with Gasteiger partial charge in [-0.25, -0.2) is 4.98 Å². The molecule has 1 aliphatic carbocycles. The van der Waals surface area contributed by atoms with Gasteiger partial charge in [-0.2, -0.15) is 0 Å². The maximum Gasteiger partial charge on any atom is 0.228 e. The molecule has 0 atom stereocenters. The lowest BCUT2D eigenvalue weighted by molar-refractivity contribution is -0.137. The largest absolute Gasteiger partial charge is 0.395 e. The lowest BCUT2D eigenvalue weighted by atomic mass is 10.1. The van der Waals surface area contributed by atoms with Gasteiger partial charge >= 0.3 is 0 Å². The average Bonchev–Trinajstić information content (AvgIpc) is 2.81. The zero-order valence-electron chi connectivity index (χ0n) is 9.44. The van der Waals surface area contributed by atoms with Gasteiger partial charge < -0.3 is 15.0 Å². The van der Waals surface area contributed by atoms with Crippen molar-refractivity contribution in [2.24, 2.45) is 5.41 Å². The van der Waals surface area contributed by atoms with Gasteiger partial charge in [0.25, 0.3) is 0 Å². The predicted molar refractivity (Wildman–Crippen MR) is 58.4 cm³/mol. The van der Waals surface area contributed by atoms with Crippen molar-refractivity contribution in [2.75, 3.05) is 13.2 Å². The van der Waals surface area contributed by atoms with Crippen LogP contribution in [0.4, 0.5) is 0 Å². The molecule has 1 saturated carbocycles. The van der Waals surface area contributed by atoms with E-state index in [9.17, 15) is 4.79 Å². The first-order chi connectivity index (χ1) is 7.65. The fraction of sp³-hybridized carbons (Fsp3) is 0.636. The fourth-order valence-electron chi connectivity index (χ4n) is 1.72. The highest BCUT2D eigenvalue weighted by Crippen LogP contribution is 2.46. The highest BCUT2D eigenvalue weighted by atomic mass is 16.3. The molecule has 1 amide bonds. The highest BCUT2D eigenvalue weighted by molar-refractivity contribution is 5.84. The molecule has 2 N–H and O–H groups in total. The molecule has 16 heavy (non-hydrogen) atoms. The number of H-pyrrole nitrogens is 1. The average molecular weight is 223 g/mol. The first kappa shape index (κ1) is 11.1. The van der Waals surface area contributed by atoms with Crippen LogP contribution in [-0.4, -0.2) is 39.0 Å². The van der Waals surface area contributed by atoms with E-state index in [1.54, 1.807) is 17.3 Å². The van der Waals surface area contributed by atoms with E-state index < -0.39 is 0 Å². The van der Waals surface area contributed by atoms with Gasteiger partial charge in [-0.3, -0.25) is 4.79 Å². The molecule has 1 aliphatic rings. The smallest absolute Gasteiger partial charge is 0.228 e. The predicted octanol–water partition coefficient (Wildman–Crippen LogP) is 0.531. The molecule has 0 unspecified atom stereocenters. The van der Waals surface area contributed by atoms with Crippen molar-refractivity contribution < 1.29 is 9.90 Å². The van der Waals surface area contributed by atoms with Crippen LogP contribution in [0.25, 0.3) is 0 Å². The van der Waals surface area contributed by atoms with E-state index in [0.29, 0.717) is 13.1 Å². The minimum atomic E-state index is -0.193. The van der Waals surface area contributed by atoms with Gasteiger partial charge in [-0.1, -0.05) is 6.92 Å². The van der Waals surface area contributed by atoms with Gasteiger partial charge in [0.05, 0.1) is 13.2 Å². The van der Waals surface area contributed by atoms with Crippen LogP contribution in [0, 0.1) is 5.41 Å². The van der Waals surface area contributed by atoms with Gasteiger partial charge in [-0.15, -0.1) is 0 Å². The molecule has 0 saturated heterocycles. The molecule has 2 rings (SSSR count). The Morgan fingerprint density at radius 3 is 2.94 bits per heavy atom. The van der Waals surface area contributed by atoms with Gasteiger partial charge in [0.15, 0.2) is 0 Å². The first-order valence-electron chi connectivity index (χ1n) is 5.54. The second kappa shape index (κ2) is 4.25. The van der Waals surface area contributed by atoms with Crippen LogP contribution < -0.4 is 0 Å². The third kappa shape index (κ3) is 2.24. The Hall–Kier alpha value is -1.36. The van der Waals surface area contributed by atoms with Crippen molar-refractivity contribution in [1.29, 1.82) is 0 Å². The molecule has 0 aliphatic heterocycles. The Balaban J connectivity index is 2.02. The van der Waals surface area contributed by atoms with E-state index in [2.05, 4.69) is 9.97 Å². The number of hydrogen-bond acceptors (Lipinski definition) is 3. The van der Waals surface area contributed by atoms with Crippen LogP contribution >= 0.6 is 0 Å². The SMILES string of the molecule is CC1(C(=O)N(CCO)Cc2ncc[nH]2)CC1. The molecule has 0 radical (unpaired) electrons. The number of hydrogen-bond donors (Lipinski definition) is 2. The summed E-state index contributed by atoms with van der Waals surface area (Å²) in [6.07, 6.45) is 5.30. The molecule has 5 heteroatoms. The Bertz CT molecular complexity index is 357. The van der Waals surface area contributed by atoms with Crippen LogP contribution in [0.15, 0.2) is 12.4 Å². The van der Waals surface area contributed by atoms with Crippen LogP contribution in [0.1, 0.15) is 25.6 Å². The number of carbonyl (C=O) groups excluding carboxylic acids is 1. The van der Waals surface area contributed by atoms with E-state index in [4.69, 9.17) is 5.11 Å². The van der Waals surface area contributed by atoms with Crippen molar-refractivity contribution in [2.45, 2.75) is 26.3 Å². The normalized spacial score (nSPS) is 17.1. The zero-order chi connectivity index (χ0) is 11.6. The molecule has 0 aromatic carbocycles. The molecule has 1 fully saturated rings. The van der Waals surface area contributed by atoms with E-state index in [-0.39, 0.29) is 17.9 Å². The summed E-state index contributed by atoms with van der Waals surface area (Å²) in [7, 11) is 0. The molecular formula is C11H17N3O2. The Labute approximate surface area is 94.5 Å². The number of aromatic amines is 1. The number of imidazole rings is 1. The maximum atomic E-state index is 12.1. The highest BCUT2D eigenvalue weighted by Gasteiger charge is 2.47. The summed E-state index contributed by atoms with van der Waals surface area (Å²) >= 11 is 0. The molecular weight excluding hydrogens is 206 g/mol. The fourth-order valence-corrected chi connectivity index (χ4v) is 1.72.